The van der Waals surface area contributed by atoms with Gasteiger partial charge in [0.15, 0.2) is 11.5 Å². The highest BCUT2D eigenvalue weighted by molar-refractivity contribution is 5.39. The largest absolute Gasteiger partial charge is 0.493 e. The molecule has 1 heterocycles. The molecule has 1 aliphatic rings. The van der Waals surface area contributed by atoms with E-state index in [4.69, 9.17) is 18.9 Å². The van der Waals surface area contributed by atoms with Crippen LogP contribution < -0.4 is 14.8 Å². The van der Waals surface area contributed by atoms with Crippen LogP contribution in [0.5, 0.6) is 11.5 Å². The molecule has 2 atom stereocenters. The van der Waals surface area contributed by atoms with E-state index in [0.717, 1.165) is 24.6 Å². The normalized spacial score (nSPS) is 22.5. The van der Waals surface area contributed by atoms with Gasteiger partial charge < -0.3 is 24.3 Å². The Kier molecular flexibility index (Phi) is 6.11. The van der Waals surface area contributed by atoms with Crippen molar-refractivity contribution in [3.05, 3.63) is 24.3 Å². The minimum Gasteiger partial charge on any atom is -0.493 e. The molecule has 1 aromatic carbocycles. The first-order chi connectivity index (χ1) is 9.79. The molecule has 0 spiro atoms. The van der Waals surface area contributed by atoms with Gasteiger partial charge in [-0.2, -0.15) is 0 Å². The van der Waals surface area contributed by atoms with Gasteiger partial charge in [0.25, 0.3) is 0 Å². The Labute approximate surface area is 120 Å². The standard InChI is InChI=1S/C15H23NO4/c1-12-9-16-10-13(20-12)11-18-7-8-19-15-6-4-3-5-14(15)17-2/h3-6,12-13,16H,7-11H2,1-2H3. The van der Waals surface area contributed by atoms with E-state index in [2.05, 4.69) is 12.2 Å². The summed E-state index contributed by atoms with van der Waals surface area (Å²) < 4.78 is 22.2. The average Bonchev–Trinajstić information content (AvgIpc) is 2.47. The third kappa shape index (κ3) is 4.67. The molecule has 0 saturated carbocycles. The maximum absolute atomic E-state index is 5.74. The number of ether oxygens (including phenoxy) is 4. The molecule has 1 saturated heterocycles. The van der Waals surface area contributed by atoms with E-state index < -0.39 is 0 Å². The Morgan fingerprint density at radius 3 is 2.75 bits per heavy atom. The van der Waals surface area contributed by atoms with Crippen LogP contribution in [-0.4, -0.2) is 52.2 Å². The quantitative estimate of drug-likeness (QED) is 0.767. The number of methoxy groups -OCH3 is 1. The molecule has 2 unspecified atom stereocenters. The number of morpholine rings is 1. The highest BCUT2D eigenvalue weighted by Crippen LogP contribution is 2.25. The highest BCUT2D eigenvalue weighted by atomic mass is 16.6. The van der Waals surface area contributed by atoms with E-state index in [1.807, 2.05) is 24.3 Å². The Morgan fingerprint density at radius 1 is 1.20 bits per heavy atom. The third-order valence-corrected chi connectivity index (χ3v) is 3.09. The van der Waals surface area contributed by atoms with Gasteiger partial charge in [0, 0.05) is 13.1 Å². The zero-order valence-electron chi connectivity index (χ0n) is 12.1. The summed E-state index contributed by atoms with van der Waals surface area (Å²) >= 11 is 0. The number of hydrogen-bond donors (Lipinski definition) is 1. The molecule has 1 fully saturated rings. The molecule has 0 aliphatic carbocycles. The van der Waals surface area contributed by atoms with Crippen molar-refractivity contribution in [2.75, 3.05) is 40.0 Å². The summed E-state index contributed by atoms with van der Waals surface area (Å²) in [4.78, 5) is 0. The summed E-state index contributed by atoms with van der Waals surface area (Å²) in [5, 5.41) is 3.31. The van der Waals surface area contributed by atoms with Crippen molar-refractivity contribution in [2.45, 2.75) is 19.1 Å². The van der Waals surface area contributed by atoms with Crippen LogP contribution in [0.1, 0.15) is 6.92 Å². The van der Waals surface area contributed by atoms with Gasteiger partial charge in [-0.3, -0.25) is 0 Å². The van der Waals surface area contributed by atoms with Crippen molar-refractivity contribution >= 4 is 0 Å². The Bertz CT molecular complexity index is 399. The molecule has 0 bridgehead atoms. The van der Waals surface area contributed by atoms with Gasteiger partial charge in [-0.05, 0) is 19.1 Å². The minimum atomic E-state index is 0.130. The van der Waals surface area contributed by atoms with Gasteiger partial charge in [-0.15, -0.1) is 0 Å². The average molecular weight is 281 g/mol. The lowest BCUT2D eigenvalue weighted by atomic mass is 10.2. The van der Waals surface area contributed by atoms with Gasteiger partial charge >= 0.3 is 0 Å². The fourth-order valence-electron chi connectivity index (χ4n) is 2.13. The van der Waals surface area contributed by atoms with Crippen molar-refractivity contribution in [2.24, 2.45) is 0 Å². The topological polar surface area (TPSA) is 49.0 Å². The first-order valence-electron chi connectivity index (χ1n) is 6.99. The lowest BCUT2D eigenvalue weighted by molar-refractivity contribution is -0.0710. The van der Waals surface area contributed by atoms with Gasteiger partial charge in [0.1, 0.15) is 6.61 Å². The second-order valence-corrected chi connectivity index (χ2v) is 4.80. The zero-order chi connectivity index (χ0) is 14.2. The molecule has 2 rings (SSSR count). The molecule has 1 N–H and O–H groups in total. The van der Waals surface area contributed by atoms with E-state index >= 15 is 0 Å². The number of benzene rings is 1. The lowest BCUT2D eigenvalue weighted by Gasteiger charge is -2.28. The Hall–Kier alpha value is -1.30. The fourth-order valence-corrected chi connectivity index (χ4v) is 2.13. The second kappa shape index (κ2) is 8.09. The SMILES string of the molecule is COc1ccccc1OCCOCC1CNCC(C)O1. The monoisotopic (exact) mass is 281 g/mol. The van der Waals surface area contributed by atoms with Gasteiger partial charge in [0.2, 0.25) is 0 Å². The van der Waals surface area contributed by atoms with E-state index in [-0.39, 0.29) is 12.2 Å². The molecular weight excluding hydrogens is 258 g/mol. The van der Waals surface area contributed by atoms with Crippen LogP contribution in [0.15, 0.2) is 24.3 Å². The summed E-state index contributed by atoms with van der Waals surface area (Å²) in [6, 6.07) is 7.59. The minimum absolute atomic E-state index is 0.130. The van der Waals surface area contributed by atoms with E-state index in [1.165, 1.54) is 0 Å². The number of hydrogen-bond acceptors (Lipinski definition) is 5. The van der Waals surface area contributed by atoms with Crippen LogP contribution in [0.25, 0.3) is 0 Å². The molecule has 20 heavy (non-hydrogen) atoms. The molecule has 5 heteroatoms. The van der Waals surface area contributed by atoms with Gasteiger partial charge in [0.05, 0.1) is 32.5 Å². The van der Waals surface area contributed by atoms with Crippen molar-refractivity contribution in [1.29, 1.82) is 0 Å². The number of para-hydroxylation sites is 2. The molecule has 1 aromatic rings. The predicted octanol–water partition coefficient (Wildman–Crippen LogP) is 1.47. The summed E-state index contributed by atoms with van der Waals surface area (Å²) in [7, 11) is 1.63. The van der Waals surface area contributed by atoms with Crippen LogP contribution in [0, 0.1) is 0 Å². The van der Waals surface area contributed by atoms with Crippen LogP contribution in [0.4, 0.5) is 0 Å². The van der Waals surface area contributed by atoms with Crippen molar-refractivity contribution in [3.63, 3.8) is 0 Å². The first kappa shape index (κ1) is 15.1. The second-order valence-electron chi connectivity index (χ2n) is 4.80. The number of rotatable bonds is 7. The predicted molar refractivity (Wildman–Crippen MR) is 76.5 cm³/mol. The van der Waals surface area contributed by atoms with Crippen molar-refractivity contribution in [3.8, 4) is 11.5 Å². The van der Waals surface area contributed by atoms with Crippen LogP contribution in [0.2, 0.25) is 0 Å². The summed E-state index contributed by atoms with van der Waals surface area (Å²) in [5.74, 6) is 1.48. The lowest BCUT2D eigenvalue weighted by Crippen LogP contribution is -2.45. The van der Waals surface area contributed by atoms with Crippen LogP contribution in [0.3, 0.4) is 0 Å². The Balaban J connectivity index is 1.61. The smallest absolute Gasteiger partial charge is 0.161 e. The first-order valence-corrected chi connectivity index (χ1v) is 6.99. The van der Waals surface area contributed by atoms with E-state index in [0.29, 0.717) is 19.8 Å². The summed E-state index contributed by atoms with van der Waals surface area (Å²) in [6.45, 7) is 5.43. The molecular formula is C15H23NO4. The Morgan fingerprint density at radius 2 is 2.00 bits per heavy atom. The molecule has 112 valence electrons. The van der Waals surface area contributed by atoms with Crippen molar-refractivity contribution < 1.29 is 18.9 Å². The maximum Gasteiger partial charge on any atom is 0.161 e. The molecule has 0 amide bonds. The van der Waals surface area contributed by atoms with E-state index in [9.17, 15) is 0 Å². The summed E-state index contributed by atoms with van der Waals surface area (Å²) in [6.07, 6.45) is 0.382. The van der Waals surface area contributed by atoms with Crippen LogP contribution in [-0.2, 0) is 9.47 Å². The van der Waals surface area contributed by atoms with Gasteiger partial charge in [-0.25, -0.2) is 0 Å². The third-order valence-electron chi connectivity index (χ3n) is 3.09. The molecule has 0 aromatic heterocycles. The van der Waals surface area contributed by atoms with Gasteiger partial charge in [-0.1, -0.05) is 12.1 Å². The summed E-state index contributed by atoms with van der Waals surface area (Å²) in [5.41, 5.74) is 0. The number of nitrogens with one attached hydrogen (secondary N) is 1. The molecule has 1 aliphatic heterocycles. The molecule has 5 nitrogen and oxygen atoms in total. The van der Waals surface area contributed by atoms with E-state index in [1.54, 1.807) is 7.11 Å². The maximum atomic E-state index is 5.74. The highest BCUT2D eigenvalue weighted by Gasteiger charge is 2.18. The molecule has 0 radical (unpaired) electrons. The van der Waals surface area contributed by atoms with Crippen molar-refractivity contribution in [1.82, 2.24) is 5.32 Å². The zero-order valence-corrected chi connectivity index (χ0v) is 12.1. The van der Waals surface area contributed by atoms with Crippen LogP contribution >= 0.6 is 0 Å². The fraction of sp³-hybridized carbons (Fsp3) is 0.600.